The lowest BCUT2D eigenvalue weighted by Gasteiger charge is -2.35. The third kappa shape index (κ3) is 3.80. The van der Waals surface area contributed by atoms with E-state index in [0.717, 1.165) is 37.2 Å². The first kappa shape index (κ1) is 17.8. The molecule has 5 nitrogen and oxygen atoms in total. The third-order valence-corrected chi connectivity index (χ3v) is 4.82. The van der Waals surface area contributed by atoms with Gasteiger partial charge in [0.15, 0.2) is 0 Å². The number of hydrogen-bond donors (Lipinski definition) is 0. The van der Waals surface area contributed by atoms with E-state index in [9.17, 15) is 9.59 Å². The van der Waals surface area contributed by atoms with Gasteiger partial charge in [-0.15, -0.1) is 0 Å². The molecule has 2 heterocycles. The Morgan fingerprint density at radius 3 is 2.60 bits per heavy atom. The van der Waals surface area contributed by atoms with Crippen molar-refractivity contribution in [3.8, 4) is 0 Å². The molecule has 2 unspecified atom stereocenters. The maximum Gasteiger partial charge on any atom is 0.415 e. The van der Waals surface area contributed by atoms with Crippen LogP contribution in [0, 0.1) is 5.92 Å². The van der Waals surface area contributed by atoms with Crippen molar-refractivity contribution in [2.24, 2.45) is 5.92 Å². The molecule has 1 saturated heterocycles. The van der Waals surface area contributed by atoms with Gasteiger partial charge in [-0.05, 0) is 51.2 Å². The Balaban J connectivity index is 1.87. The summed E-state index contributed by atoms with van der Waals surface area (Å²) in [5, 5.41) is 0. The molecular formula is C20H28N2O3. The molecule has 136 valence electrons. The number of benzene rings is 1. The van der Waals surface area contributed by atoms with Crippen molar-refractivity contribution in [2.45, 2.75) is 58.6 Å². The van der Waals surface area contributed by atoms with Crippen LogP contribution in [0.2, 0.25) is 0 Å². The minimum atomic E-state index is -0.595. The van der Waals surface area contributed by atoms with Crippen LogP contribution in [0.15, 0.2) is 24.3 Å². The number of para-hydroxylation sites is 1. The van der Waals surface area contributed by atoms with Gasteiger partial charge in [-0.25, -0.2) is 4.79 Å². The molecule has 1 aromatic rings. The first-order valence-electron chi connectivity index (χ1n) is 9.15. The fraction of sp³-hybridized carbons (Fsp3) is 0.600. The van der Waals surface area contributed by atoms with Crippen LogP contribution in [-0.2, 0) is 16.0 Å². The molecule has 0 aliphatic carbocycles. The largest absolute Gasteiger partial charge is 0.443 e. The predicted molar refractivity (Wildman–Crippen MR) is 97.6 cm³/mol. The van der Waals surface area contributed by atoms with Crippen molar-refractivity contribution in [3.63, 3.8) is 0 Å². The van der Waals surface area contributed by atoms with E-state index in [1.807, 2.05) is 49.9 Å². The zero-order chi connectivity index (χ0) is 18.2. The van der Waals surface area contributed by atoms with Crippen LogP contribution in [0.4, 0.5) is 10.5 Å². The SMILES string of the molecule is CC1CCCN(C(=O)C2Cc3ccccc3N2C(=O)OC(C)(C)C)C1. The highest BCUT2D eigenvalue weighted by molar-refractivity contribution is 6.00. The lowest BCUT2D eigenvalue weighted by Crippen LogP contribution is -2.52. The molecule has 0 spiro atoms. The van der Waals surface area contributed by atoms with E-state index in [0.29, 0.717) is 12.3 Å². The summed E-state index contributed by atoms with van der Waals surface area (Å²) in [6.07, 6.45) is 2.30. The van der Waals surface area contributed by atoms with Crippen LogP contribution in [-0.4, -0.2) is 41.6 Å². The smallest absolute Gasteiger partial charge is 0.415 e. The van der Waals surface area contributed by atoms with Gasteiger partial charge in [-0.1, -0.05) is 25.1 Å². The van der Waals surface area contributed by atoms with Crippen molar-refractivity contribution < 1.29 is 14.3 Å². The molecule has 2 atom stereocenters. The number of carbonyl (C=O) groups excluding carboxylic acids is 2. The van der Waals surface area contributed by atoms with Crippen molar-refractivity contribution in [3.05, 3.63) is 29.8 Å². The van der Waals surface area contributed by atoms with Crippen molar-refractivity contribution >= 4 is 17.7 Å². The first-order chi connectivity index (χ1) is 11.8. The normalized spacial score (nSPS) is 23.4. The van der Waals surface area contributed by atoms with E-state index in [4.69, 9.17) is 4.74 Å². The summed E-state index contributed by atoms with van der Waals surface area (Å²) in [6, 6.07) is 7.22. The third-order valence-electron chi connectivity index (χ3n) is 4.82. The van der Waals surface area contributed by atoms with E-state index in [1.54, 1.807) is 4.90 Å². The summed E-state index contributed by atoms with van der Waals surface area (Å²) >= 11 is 0. The summed E-state index contributed by atoms with van der Waals surface area (Å²) in [5.74, 6) is 0.546. The van der Waals surface area contributed by atoms with Crippen molar-refractivity contribution in [1.82, 2.24) is 4.90 Å². The minimum Gasteiger partial charge on any atom is -0.443 e. The number of piperidine rings is 1. The molecule has 2 aliphatic rings. The summed E-state index contributed by atoms with van der Waals surface area (Å²) in [4.78, 5) is 29.5. The zero-order valence-electron chi connectivity index (χ0n) is 15.6. The van der Waals surface area contributed by atoms with Gasteiger partial charge in [0.25, 0.3) is 0 Å². The molecule has 2 aliphatic heterocycles. The second-order valence-corrected chi connectivity index (χ2v) is 8.23. The number of hydrogen-bond acceptors (Lipinski definition) is 3. The number of fused-ring (bicyclic) bond motifs is 1. The van der Waals surface area contributed by atoms with Crippen molar-refractivity contribution in [1.29, 1.82) is 0 Å². The van der Waals surface area contributed by atoms with Crippen molar-refractivity contribution in [2.75, 3.05) is 18.0 Å². The quantitative estimate of drug-likeness (QED) is 0.782. The molecule has 5 heteroatoms. The lowest BCUT2D eigenvalue weighted by molar-refractivity contribution is -0.134. The standard InChI is InChI=1S/C20H28N2O3/c1-14-8-7-11-21(13-14)18(23)17-12-15-9-5-6-10-16(15)22(17)19(24)25-20(2,3)4/h5-6,9-10,14,17H,7-8,11-13H2,1-4H3. The van der Waals surface area contributed by atoms with Gasteiger partial charge in [0.05, 0.1) is 5.69 Å². The van der Waals surface area contributed by atoms with Gasteiger partial charge in [0.2, 0.25) is 5.91 Å². The molecule has 3 rings (SSSR count). The molecule has 1 fully saturated rings. The Morgan fingerprint density at radius 2 is 1.92 bits per heavy atom. The summed E-state index contributed by atoms with van der Waals surface area (Å²) in [6.45, 7) is 9.25. The Bertz CT molecular complexity index is 665. The molecule has 25 heavy (non-hydrogen) atoms. The first-order valence-corrected chi connectivity index (χ1v) is 9.15. The Hall–Kier alpha value is -2.04. The van der Waals surface area contributed by atoms with Gasteiger partial charge >= 0.3 is 6.09 Å². The monoisotopic (exact) mass is 344 g/mol. The maximum atomic E-state index is 13.2. The van der Waals surface area contributed by atoms with Crippen LogP contribution < -0.4 is 4.90 Å². The average Bonchev–Trinajstić information content (AvgIpc) is 2.92. The van der Waals surface area contributed by atoms with E-state index in [-0.39, 0.29) is 5.91 Å². The second-order valence-electron chi connectivity index (χ2n) is 8.23. The molecule has 0 saturated carbocycles. The Kier molecular flexibility index (Phi) is 4.76. The number of anilines is 1. The Morgan fingerprint density at radius 1 is 1.20 bits per heavy atom. The minimum absolute atomic E-state index is 0.0357. The number of carbonyl (C=O) groups is 2. The van der Waals surface area contributed by atoms with E-state index in [2.05, 4.69) is 6.92 Å². The highest BCUT2D eigenvalue weighted by Gasteiger charge is 2.42. The lowest BCUT2D eigenvalue weighted by atomic mass is 9.99. The van der Waals surface area contributed by atoms with E-state index in [1.165, 1.54) is 0 Å². The molecule has 0 N–H and O–H groups in total. The van der Waals surface area contributed by atoms with Crippen LogP contribution in [0.25, 0.3) is 0 Å². The number of amides is 2. The number of likely N-dealkylation sites (tertiary alicyclic amines) is 1. The second kappa shape index (κ2) is 6.70. The van der Waals surface area contributed by atoms with Gasteiger partial charge in [0, 0.05) is 19.5 Å². The van der Waals surface area contributed by atoms with E-state index < -0.39 is 17.7 Å². The number of nitrogens with zero attached hydrogens (tertiary/aromatic N) is 2. The van der Waals surface area contributed by atoms with Gasteiger partial charge in [-0.2, -0.15) is 0 Å². The van der Waals surface area contributed by atoms with E-state index >= 15 is 0 Å². The van der Waals surface area contributed by atoms with Crippen LogP contribution in [0.5, 0.6) is 0 Å². The van der Waals surface area contributed by atoms with Crippen LogP contribution in [0.1, 0.15) is 46.1 Å². The molecule has 0 bridgehead atoms. The van der Waals surface area contributed by atoms with Crippen LogP contribution >= 0.6 is 0 Å². The molecular weight excluding hydrogens is 316 g/mol. The van der Waals surface area contributed by atoms with Crippen LogP contribution in [0.3, 0.4) is 0 Å². The highest BCUT2D eigenvalue weighted by atomic mass is 16.6. The summed E-state index contributed by atoms with van der Waals surface area (Å²) in [5.41, 5.74) is 1.22. The summed E-state index contributed by atoms with van der Waals surface area (Å²) < 4.78 is 5.58. The Labute approximate surface area is 149 Å². The topological polar surface area (TPSA) is 49.9 Å². The zero-order valence-corrected chi connectivity index (χ0v) is 15.6. The number of ether oxygens (including phenoxy) is 1. The molecule has 1 aromatic carbocycles. The fourth-order valence-electron chi connectivity index (χ4n) is 3.72. The highest BCUT2D eigenvalue weighted by Crippen LogP contribution is 2.34. The van der Waals surface area contributed by atoms with Gasteiger partial charge < -0.3 is 9.64 Å². The maximum absolute atomic E-state index is 13.2. The van der Waals surface area contributed by atoms with Gasteiger partial charge in [0.1, 0.15) is 11.6 Å². The predicted octanol–water partition coefficient (Wildman–Crippen LogP) is 3.61. The molecule has 0 aromatic heterocycles. The number of rotatable bonds is 1. The average molecular weight is 344 g/mol. The molecule has 2 amide bonds. The molecule has 0 radical (unpaired) electrons. The fourth-order valence-corrected chi connectivity index (χ4v) is 3.72. The van der Waals surface area contributed by atoms with Gasteiger partial charge in [-0.3, -0.25) is 9.69 Å². The summed E-state index contributed by atoms with van der Waals surface area (Å²) in [7, 11) is 0.